The molecule has 1 heterocycles. The van der Waals surface area contributed by atoms with Crippen molar-refractivity contribution in [3.8, 4) is 0 Å². The van der Waals surface area contributed by atoms with E-state index in [0.717, 1.165) is 35.0 Å². The van der Waals surface area contributed by atoms with Crippen molar-refractivity contribution in [3.63, 3.8) is 0 Å². The lowest BCUT2D eigenvalue weighted by molar-refractivity contribution is 0.570. The maximum Gasteiger partial charge on any atom is 0.128 e. The van der Waals surface area contributed by atoms with Crippen LogP contribution >= 0.6 is 0 Å². The Labute approximate surface area is 115 Å². The van der Waals surface area contributed by atoms with Crippen LogP contribution in [0.15, 0.2) is 18.2 Å². The molecule has 104 valence electrons. The van der Waals surface area contributed by atoms with Crippen molar-refractivity contribution in [2.24, 2.45) is 0 Å². The molecule has 2 rings (SSSR count). The molecule has 1 aromatic heterocycles. The minimum Gasteiger partial charge on any atom is -0.358 e. The molecule has 2 aromatic rings. The van der Waals surface area contributed by atoms with Crippen LogP contribution in [0, 0.1) is 5.82 Å². The maximum absolute atomic E-state index is 14.2. The molecule has 0 aliphatic rings. The Morgan fingerprint density at radius 3 is 2.47 bits per heavy atom. The lowest BCUT2D eigenvalue weighted by atomic mass is 9.92. The summed E-state index contributed by atoms with van der Waals surface area (Å²) >= 11 is 0. The van der Waals surface area contributed by atoms with E-state index in [0.29, 0.717) is 0 Å². The van der Waals surface area contributed by atoms with Gasteiger partial charge in [0.1, 0.15) is 5.82 Å². The molecule has 0 radical (unpaired) electrons. The summed E-state index contributed by atoms with van der Waals surface area (Å²) in [4.78, 5) is 3.33. The lowest BCUT2D eigenvalue weighted by Crippen LogP contribution is -2.10. The molecular weight excluding hydrogens is 237 g/mol. The molecule has 1 atom stereocenters. The first kappa shape index (κ1) is 14.1. The molecule has 0 aliphatic heterocycles. The molecule has 1 unspecified atom stereocenters. The summed E-state index contributed by atoms with van der Waals surface area (Å²) in [5.41, 5.74) is 2.95. The Morgan fingerprint density at radius 1 is 1.21 bits per heavy atom. The number of rotatable bonds is 3. The van der Waals surface area contributed by atoms with Crippen LogP contribution in [0.25, 0.3) is 10.9 Å². The predicted octanol–water partition coefficient (Wildman–Crippen LogP) is 5.51. The van der Waals surface area contributed by atoms with Crippen LogP contribution in [0.5, 0.6) is 0 Å². The molecule has 0 amide bonds. The summed E-state index contributed by atoms with van der Waals surface area (Å²) < 4.78 is 14.2. The third-order valence-electron chi connectivity index (χ3n) is 3.80. The number of hydrogen-bond donors (Lipinski definition) is 1. The first-order chi connectivity index (χ1) is 8.82. The minimum absolute atomic E-state index is 0.0602. The number of nitrogens with one attached hydrogen (secondary N) is 1. The van der Waals surface area contributed by atoms with E-state index in [2.05, 4.69) is 45.7 Å². The molecule has 0 fully saturated rings. The zero-order valence-corrected chi connectivity index (χ0v) is 12.6. The van der Waals surface area contributed by atoms with Crippen molar-refractivity contribution in [3.05, 3.63) is 35.3 Å². The fourth-order valence-corrected chi connectivity index (χ4v) is 2.54. The molecular formula is C17H24FN. The van der Waals surface area contributed by atoms with E-state index in [1.54, 1.807) is 6.07 Å². The zero-order valence-electron chi connectivity index (χ0n) is 12.6. The lowest BCUT2D eigenvalue weighted by Gasteiger charge is -2.15. The van der Waals surface area contributed by atoms with Crippen molar-refractivity contribution < 1.29 is 4.39 Å². The number of fused-ring (bicyclic) bond motifs is 1. The maximum atomic E-state index is 14.2. The van der Waals surface area contributed by atoms with Gasteiger partial charge in [-0.25, -0.2) is 4.39 Å². The van der Waals surface area contributed by atoms with Crippen LogP contribution < -0.4 is 0 Å². The molecule has 0 bridgehead atoms. The van der Waals surface area contributed by atoms with Gasteiger partial charge in [0, 0.05) is 22.0 Å². The molecule has 1 aromatic carbocycles. The van der Waals surface area contributed by atoms with E-state index in [9.17, 15) is 4.39 Å². The molecule has 0 spiro atoms. The fraction of sp³-hybridized carbons (Fsp3) is 0.529. The van der Waals surface area contributed by atoms with Gasteiger partial charge in [-0.2, -0.15) is 0 Å². The van der Waals surface area contributed by atoms with Crippen LogP contribution in [0.4, 0.5) is 4.39 Å². The second-order valence-electron chi connectivity index (χ2n) is 6.58. The SMILES string of the molecule is CCCC(C)c1cc2cc(C(C)(C)C)[nH]c2cc1F. The van der Waals surface area contributed by atoms with E-state index < -0.39 is 0 Å². The Hall–Kier alpha value is -1.31. The van der Waals surface area contributed by atoms with E-state index in [-0.39, 0.29) is 17.2 Å². The standard InChI is InChI=1S/C17H24FN/c1-6-7-11(2)13-8-12-9-16(17(3,4)5)19-15(12)10-14(13)18/h8-11,19H,6-7H2,1-5H3. The summed E-state index contributed by atoms with van der Waals surface area (Å²) in [6.07, 6.45) is 2.11. The number of aromatic nitrogens is 1. The Bertz CT molecular complexity index is 575. The first-order valence-corrected chi connectivity index (χ1v) is 7.15. The average Bonchev–Trinajstić information content (AvgIpc) is 2.70. The van der Waals surface area contributed by atoms with Crippen LogP contribution in [0.1, 0.15) is 64.6 Å². The largest absolute Gasteiger partial charge is 0.358 e. The van der Waals surface area contributed by atoms with Gasteiger partial charge < -0.3 is 4.98 Å². The molecule has 2 heteroatoms. The Balaban J connectivity index is 2.50. The topological polar surface area (TPSA) is 15.8 Å². The van der Waals surface area contributed by atoms with E-state index in [1.807, 2.05) is 6.07 Å². The predicted molar refractivity (Wildman–Crippen MR) is 80.3 cm³/mol. The van der Waals surface area contributed by atoms with Crippen LogP contribution in [-0.4, -0.2) is 4.98 Å². The number of aromatic amines is 1. The third kappa shape index (κ3) is 2.83. The van der Waals surface area contributed by atoms with E-state index in [4.69, 9.17) is 0 Å². The average molecular weight is 261 g/mol. The van der Waals surface area contributed by atoms with Gasteiger partial charge in [0.15, 0.2) is 0 Å². The van der Waals surface area contributed by atoms with Crippen LogP contribution in [0.2, 0.25) is 0 Å². The van der Waals surface area contributed by atoms with E-state index >= 15 is 0 Å². The van der Waals surface area contributed by atoms with Crippen molar-refractivity contribution in [1.29, 1.82) is 0 Å². The number of hydrogen-bond acceptors (Lipinski definition) is 0. The highest BCUT2D eigenvalue weighted by Gasteiger charge is 2.18. The molecule has 0 saturated heterocycles. The van der Waals surface area contributed by atoms with Crippen LogP contribution in [-0.2, 0) is 5.41 Å². The molecule has 1 N–H and O–H groups in total. The quantitative estimate of drug-likeness (QED) is 0.750. The van der Waals surface area contributed by atoms with Crippen molar-refractivity contribution in [2.75, 3.05) is 0 Å². The Morgan fingerprint density at radius 2 is 1.89 bits per heavy atom. The highest BCUT2D eigenvalue weighted by atomic mass is 19.1. The molecule has 1 nitrogen and oxygen atoms in total. The molecule has 0 saturated carbocycles. The number of H-pyrrole nitrogens is 1. The third-order valence-corrected chi connectivity index (χ3v) is 3.80. The van der Waals surface area contributed by atoms with Gasteiger partial charge in [0.2, 0.25) is 0 Å². The normalized spacial score (nSPS) is 14.0. The summed E-state index contributed by atoms with van der Waals surface area (Å²) in [6, 6.07) is 5.81. The first-order valence-electron chi connectivity index (χ1n) is 7.15. The summed E-state index contributed by atoms with van der Waals surface area (Å²) in [6.45, 7) is 10.7. The van der Waals surface area contributed by atoms with Gasteiger partial charge in [-0.05, 0) is 36.1 Å². The summed E-state index contributed by atoms with van der Waals surface area (Å²) in [5.74, 6) is 0.193. The second-order valence-corrected chi connectivity index (χ2v) is 6.58. The fourth-order valence-electron chi connectivity index (χ4n) is 2.54. The van der Waals surface area contributed by atoms with Crippen molar-refractivity contribution in [1.82, 2.24) is 4.98 Å². The highest BCUT2D eigenvalue weighted by molar-refractivity contribution is 5.81. The van der Waals surface area contributed by atoms with Crippen LogP contribution in [0.3, 0.4) is 0 Å². The monoisotopic (exact) mass is 261 g/mol. The smallest absolute Gasteiger partial charge is 0.128 e. The molecule has 19 heavy (non-hydrogen) atoms. The number of halogens is 1. The Kier molecular flexibility index (Phi) is 3.71. The zero-order chi connectivity index (χ0) is 14.2. The highest BCUT2D eigenvalue weighted by Crippen LogP contribution is 2.31. The number of benzene rings is 1. The van der Waals surface area contributed by atoms with Gasteiger partial charge in [-0.1, -0.05) is 41.0 Å². The van der Waals surface area contributed by atoms with Gasteiger partial charge in [0.05, 0.1) is 0 Å². The van der Waals surface area contributed by atoms with Crippen molar-refractivity contribution in [2.45, 2.75) is 58.8 Å². The van der Waals surface area contributed by atoms with Gasteiger partial charge in [0.25, 0.3) is 0 Å². The molecule has 0 aliphatic carbocycles. The summed E-state index contributed by atoms with van der Waals surface area (Å²) in [5, 5.41) is 1.12. The van der Waals surface area contributed by atoms with E-state index in [1.165, 1.54) is 0 Å². The van der Waals surface area contributed by atoms with Gasteiger partial charge in [-0.15, -0.1) is 0 Å². The van der Waals surface area contributed by atoms with Gasteiger partial charge in [-0.3, -0.25) is 0 Å². The van der Waals surface area contributed by atoms with Gasteiger partial charge >= 0.3 is 0 Å². The van der Waals surface area contributed by atoms with Crippen molar-refractivity contribution >= 4 is 10.9 Å². The minimum atomic E-state index is -0.0873. The second kappa shape index (κ2) is 4.99. The summed E-state index contributed by atoms with van der Waals surface area (Å²) in [7, 11) is 0.